The molecule has 1 aliphatic rings. The molecule has 1 N–H and O–H groups in total. The maximum absolute atomic E-state index is 12.6. The smallest absolute Gasteiger partial charge is 0.274 e. The SMILES string of the molecule is CCCc1cc(C(=O)N2CCC(n3nnc4ccccc43)CC2)n[nH]1. The van der Waals surface area contributed by atoms with Gasteiger partial charge >= 0.3 is 0 Å². The highest BCUT2D eigenvalue weighted by atomic mass is 16.2. The predicted molar refractivity (Wildman–Crippen MR) is 94.3 cm³/mol. The first-order chi connectivity index (χ1) is 12.3. The summed E-state index contributed by atoms with van der Waals surface area (Å²) in [6.45, 7) is 3.54. The van der Waals surface area contributed by atoms with Gasteiger partial charge in [-0.05, 0) is 37.5 Å². The standard InChI is InChI=1S/C18H22N6O/c1-2-5-13-12-16(20-19-13)18(25)23-10-8-14(9-11-23)24-17-7-4-3-6-15(17)21-22-24/h3-4,6-7,12,14H,2,5,8-11H2,1H3,(H,19,20). The van der Waals surface area contributed by atoms with E-state index in [9.17, 15) is 4.79 Å². The van der Waals surface area contributed by atoms with Crippen LogP contribution in [0, 0.1) is 0 Å². The van der Waals surface area contributed by atoms with Gasteiger partial charge in [-0.3, -0.25) is 9.89 Å². The number of aromatic nitrogens is 5. The fourth-order valence-electron chi connectivity index (χ4n) is 3.50. The normalized spacial score (nSPS) is 15.8. The molecule has 3 aromatic rings. The minimum atomic E-state index is 0.0144. The minimum absolute atomic E-state index is 0.0144. The minimum Gasteiger partial charge on any atom is -0.337 e. The van der Waals surface area contributed by atoms with Crippen LogP contribution in [0.2, 0.25) is 0 Å². The lowest BCUT2D eigenvalue weighted by atomic mass is 10.0. The molecule has 0 spiro atoms. The fourth-order valence-corrected chi connectivity index (χ4v) is 3.50. The van der Waals surface area contributed by atoms with Gasteiger partial charge in [0.05, 0.1) is 11.6 Å². The first-order valence-electron chi connectivity index (χ1n) is 8.89. The van der Waals surface area contributed by atoms with Crippen molar-refractivity contribution in [1.82, 2.24) is 30.1 Å². The van der Waals surface area contributed by atoms with E-state index in [1.807, 2.05) is 39.9 Å². The van der Waals surface area contributed by atoms with Crippen LogP contribution in [0.3, 0.4) is 0 Å². The number of carbonyl (C=O) groups is 1. The highest BCUT2D eigenvalue weighted by Crippen LogP contribution is 2.26. The summed E-state index contributed by atoms with van der Waals surface area (Å²) in [5.74, 6) is 0.0144. The van der Waals surface area contributed by atoms with Gasteiger partial charge in [-0.1, -0.05) is 30.7 Å². The van der Waals surface area contributed by atoms with Crippen molar-refractivity contribution in [2.45, 2.75) is 38.6 Å². The molecular weight excluding hydrogens is 316 g/mol. The number of hydrogen-bond acceptors (Lipinski definition) is 4. The number of aryl methyl sites for hydroxylation is 1. The van der Waals surface area contributed by atoms with Crippen molar-refractivity contribution in [3.8, 4) is 0 Å². The molecule has 0 atom stereocenters. The summed E-state index contributed by atoms with van der Waals surface area (Å²) in [4.78, 5) is 14.5. The van der Waals surface area contributed by atoms with Gasteiger partial charge in [-0.2, -0.15) is 5.10 Å². The Balaban J connectivity index is 1.43. The number of aromatic amines is 1. The van der Waals surface area contributed by atoms with Crippen molar-refractivity contribution in [1.29, 1.82) is 0 Å². The summed E-state index contributed by atoms with van der Waals surface area (Å²) < 4.78 is 2.01. The van der Waals surface area contributed by atoms with Gasteiger partial charge in [0.25, 0.3) is 5.91 Å². The molecule has 1 fully saturated rings. The first-order valence-corrected chi connectivity index (χ1v) is 8.89. The number of para-hydroxylation sites is 1. The number of carbonyl (C=O) groups excluding carboxylic acids is 1. The van der Waals surface area contributed by atoms with Crippen LogP contribution in [0.15, 0.2) is 30.3 Å². The lowest BCUT2D eigenvalue weighted by Crippen LogP contribution is -2.39. The van der Waals surface area contributed by atoms with Gasteiger partial charge in [0.2, 0.25) is 0 Å². The summed E-state index contributed by atoms with van der Waals surface area (Å²) in [6.07, 6.45) is 3.71. The van der Waals surface area contributed by atoms with Crippen LogP contribution in [-0.4, -0.2) is 49.1 Å². The highest BCUT2D eigenvalue weighted by Gasteiger charge is 2.27. The van der Waals surface area contributed by atoms with E-state index >= 15 is 0 Å². The predicted octanol–water partition coefficient (Wildman–Crippen LogP) is 2.58. The van der Waals surface area contributed by atoms with Crippen LogP contribution in [-0.2, 0) is 6.42 Å². The number of likely N-dealkylation sites (tertiary alicyclic amines) is 1. The van der Waals surface area contributed by atoms with Gasteiger partial charge < -0.3 is 4.90 Å². The molecule has 130 valence electrons. The first kappa shape index (κ1) is 15.8. The molecule has 2 aromatic heterocycles. The average molecular weight is 338 g/mol. The largest absolute Gasteiger partial charge is 0.337 e. The number of rotatable bonds is 4. The van der Waals surface area contributed by atoms with Crippen LogP contribution in [0.25, 0.3) is 11.0 Å². The lowest BCUT2D eigenvalue weighted by molar-refractivity contribution is 0.0685. The lowest BCUT2D eigenvalue weighted by Gasteiger charge is -2.31. The van der Waals surface area contributed by atoms with Crippen LogP contribution in [0.1, 0.15) is 48.4 Å². The quantitative estimate of drug-likeness (QED) is 0.793. The van der Waals surface area contributed by atoms with Crippen LogP contribution in [0.5, 0.6) is 0 Å². The molecule has 4 rings (SSSR count). The Morgan fingerprint density at radius 2 is 2.08 bits per heavy atom. The number of piperidine rings is 1. The zero-order valence-corrected chi connectivity index (χ0v) is 14.4. The van der Waals surface area contributed by atoms with Crippen molar-refractivity contribution >= 4 is 16.9 Å². The van der Waals surface area contributed by atoms with Crippen molar-refractivity contribution in [2.24, 2.45) is 0 Å². The third-order valence-corrected chi connectivity index (χ3v) is 4.84. The molecule has 1 amide bonds. The molecule has 25 heavy (non-hydrogen) atoms. The van der Waals surface area contributed by atoms with E-state index in [-0.39, 0.29) is 11.9 Å². The zero-order chi connectivity index (χ0) is 17.2. The van der Waals surface area contributed by atoms with E-state index in [1.165, 1.54) is 0 Å². The van der Waals surface area contributed by atoms with E-state index in [4.69, 9.17) is 0 Å². The molecule has 1 aromatic carbocycles. The Bertz CT molecular complexity index is 874. The van der Waals surface area contributed by atoms with Gasteiger partial charge in [0.15, 0.2) is 0 Å². The van der Waals surface area contributed by atoms with Gasteiger partial charge in [-0.15, -0.1) is 5.10 Å². The van der Waals surface area contributed by atoms with E-state index in [2.05, 4.69) is 27.4 Å². The topological polar surface area (TPSA) is 79.7 Å². The maximum atomic E-state index is 12.6. The number of benzene rings is 1. The number of hydrogen-bond donors (Lipinski definition) is 1. The Morgan fingerprint density at radius 3 is 2.88 bits per heavy atom. The van der Waals surface area contributed by atoms with Crippen LogP contribution < -0.4 is 0 Å². The van der Waals surface area contributed by atoms with Crippen LogP contribution in [0.4, 0.5) is 0 Å². The molecule has 7 nitrogen and oxygen atoms in total. The van der Waals surface area contributed by atoms with Crippen molar-refractivity contribution in [3.63, 3.8) is 0 Å². The summed E-state index contributed by atoms with van der Waals surface area (Å²) in [5, 5.41) is 15.7. The number of amides is 1. The Morgan fingerprint density at radius 1 is 1.28 bits per heavy atom. The third-order valence-electron chi connectivity index (χ3n) is 4.84. The van der Waals surface area contributed by atoms with Crippen molar-refractivity contribution in [2.75, 3.05) is 13.1 Å². The van der Waals surface area contributed by atoms with E-state index in [0.29, 0.717) is 18.8 Å². The third kappa shape index (κ3) is 3.01. The molecule has 0 bridgehead atoms. The van der Waals surface area contributed by atoms with Crippen molar-refractivity contribution in [3.05, 3.63) is 41.7 Å². The van der Waals surface area contributed by atoms with Gasteiger partial charge in [-0.25, -0.2) is 4.68 Å². The molecule has 3 heterocycles. The Labute approximate surface area is 146 Å². The number of H-pyrrole nitrogens is 1. The molecule has 0 radical (unpaired) electrons. The highest BCUT2D eigenvalue weighted by molar-refractivity contribution is 5.92. The summed E-state index contributed by atoms with van der Waals surface area (Å²) in [7, 11) is 0. The monoisotopic (exact) mass is 338 g/mol. The van der Waals surface area contributed by atoms with Crippen molar-refractivity contribution < 1.29 is 4.79 Å². The zero-order valence-electron chi connectivity index (χ0n) is 14.4. The maximum Gasteiger partial charge on any atom is 0.274 e. The Hall–Kier alpha value is -2.70. The molecule has 1 saturated heterocycles. The molecule has 0 saturated carbocycles. The number of nitrogens with zero attached hydrogens (tertiary/aromatic N) is 5. The van der Waals surface area contributed by atoms with E-state index < -0.39 is 0 Å². The molecule has 7 heteroatoms. The molecule has 0 unspecified atom stereocenters. The number of nitrogens with one attached hydrogen (secondary N) is 1. The average Bonchev–Trinajstić information content (AvgIpc) is 3.29. The second-order valence-corrected chi connectivity index (χ2v) is 6.57. The molecule has 0 aliphatic carbocycles. The van der Waals surface area contributed by atoms with Gasteiger partial charge in [0, 0.05) is 18.8 Å². The summed E-state index contributed by atoms with van der Waals surface area (Å²) in [6, 6.07) is 10.2. The van der Waals surface area contributed by atoms with E-state index in [1.54, 1.807) is 0 Å². The second-order valence-electron chi connectivity index (χ2n) is 6.57. The molecular formula is C18H22N6O. The molecule has 1 aliphatic heterocycles. The second kappa shape index (κ2) is 6.66. The van der Waals surface area contributed by atoms with E-state index in [0.717, 1.165) is 42.4 Å². The van der Waals surface area contributed by atoms with Gasteiger partial charge in [0.1, 0.15) is 11.2 Å². The Kier molecular flexibility index (Phi) is 4.21. The fraction of sp³-hybridized carbons (Fsp3) is 0.444. The number of fused-ring (bicyclic) bond motifs is 1. The van der Waals surface area contributed by atoms with Crippen LogP contribution >= 0.6 is 0 Å². The summed E-state index contributed by atoms with van der Waals surface area (Å²) >= 11 is 0. The summed E-state index contributed by atoms with van der Waals surface area (Å²) in [5.41, 5.74) is 3.52.